The molecule has 20 heavy (non-hydrogen) atoms. The summed E-state index contributed by atoms with van der Waals surface area (Å²) in [6.07, 6.45) is 5.85. The van der Waals surface area contributed by atoms with Gasteiger partial charge in [-0.05, 0) is 44.9 Å². The zero-order valence-corrected chi connectivity index (χ0v) is 13.7. The van der Waals surface area contributed by atoms with Crippen LogP contribution in [0.5, 0.6) is 0 Å². The Morgan fingerprint density at radius 3 is 2.50 bits per heavy atom. The average Bonchev–Trinajstić information content (AvgIpc) is 2.32. The minimum atomic E-state index is -0.0212. The molecule has 2 rings (SSSR count). The number of methoxy groups -OCH3 is 1. The van der Waals surface area contributed by atoms with Crippen LogP contribution in [0, 0.1) is 11.3 Å². The van der Waals surface area contributed by atoms with Crippen LogP contribution in [0.15, 0.2) is 11.3 Å². The van der Waals surface area contributed by atoms with Crippen LogP contribution in [-0.4, -0.2) is 30.5 Å². The fourth-order valence-electron chi connectivity index (χ4n) is 3.48. The molecular weight excluding hydrogens is 250 g/mol. The molecule has 1 aliphatic heterocycles. The molecule has 0 radical (unpaired) electrons. The first-order valence-electron chi connectivity index (χ1n) is 7.95. The van der Waals surface area contributed by atoms with Crippen molar-refractivity contribution in [3.8, 4) is 0 Å². The SMILES string of the molecule is COC1=C(C)C(=O)N(C2CCC2)CC1(C)CCC(C)C. The lowest BCUT2D eigenvalue weighted by Crippen LogP contribution is -2.53. The number of carbonyl (C=O) groups excluding carboxylic acids is 1. The van der Waals surface area contributed by atoms with E-state index in [1.807, 2.05) is 6.92 Å². The van der Waals surface area contributed by atoms with E-state index in [0.717, 1.165) is 24.3 Å². The molecule has 114 valence electrons. The highest BCUT2D eigenvalue weighted by Gasteiger charge is 2.44. The second-order valence-corrected chi connectivity index (χ2v) is 7.17. The monoisotopic (exact) mass is 279 g/mol. The standard InChI is InChI=1S/C17H29NO2/c1-12(2)9-10-17(4)11-18(14-7-6-8-14)16(19)13(3)15(17)20-5/h12,14H,6-11H2,1-5H3. The van der Waals surface area contributed by atoms with Gasteiger partial charge in [-0.2, -0.15) is 0 Å². The average molecular weight is 279 g/mol. The lowest BCUT2D eigenvalue weighted by atomic mass is 9.75. The normalized spacial score (nSPS) is 28.1. The Morgan fingerprint density at radius 2 is 2.05 bits per heavy atom. The van der Waals surface area contributed by atoms with E-state index in [0.29, 0.717) is 12.0 Å². The molecule has 1 fully saturated rings. The number of amides is 1. The summed E-state index contributed by atoms with van der Waals surface area (Å²) in [5, 5.41) is 0. The van der Waals surface area contributed by atoms with Crippen LogP contribution in [0.2, 0.25) is 0 Å². The number of ether oxygens (including phenoxy) is 1. The molecule has 2 aliphatic rings. The smallest absolute Gasteiger partial charge is 0.253 e. The van der Waals surface area contributed by atoms with Crippen LogP contribution < -0.4 is 0 Å². The molecule has 1 amide bonds. The Labute approximate surface area is 123 Å². The number of hydrogen-bond acceptors (Lipinski definition) is 2. The van der Waals surface area contributed by atoms with Crippen LogP contribution in [0.4, 0.5) is 0 Å². The van der Waals surface area contributed by atoms with Crippen LogP contribution in [0.1, 0.15) is 59.8 Å². The van der Waals surface area contributed by atoms with Gasteiger partial charge in [-0.25, -0.2) is 0 Å². The van der Waals surface area contributed by atoms with E-state index < -0.39 is 0 Å². The van der Waals surface area contributed by atoms with Crippen molar-refractivity contribution in [2.75, 3.05) is 13.7 Å². The van der Waals surface area contributed by atoms with Crippen molar-refractivity contribution in [3.63, 3.8) is 0 Å². The van der Waals surface area contributed by atoms with Crippen molar-refractivity contribution < 1.29 is 9.53 Å². The molecule has 1 unspecified atom stereocenters. The summed E-state index contributed by atoms with van der Waals surface area (Å²) in [7, 11) is 1.71. The molecule has 1 atom stereocenters. The summed E-state index contributed by atoms with van der Waals surface area (Å²) in [5.74, 6) is 1.78. The number of rotatable bonds is 5. The summed E-state index contributed by atoms with van der Waals surface area (Å²) in [5.41, 5.74) is 0.795. The largest absolute Gasteiger partial charge is 0.500 e. The fraction of sp³-hybridized carbons (Fsp3) is 0.824. The first-order valence-corrected chi connectivity index (χ1v) is 7.95. The van der Waals surface area contributed by atoms with Gasteiger partial charge in [0.2, 0.25) is 0 Å². The number of hydrogen-bond donors (Lipinski definition) is 0. The van der Waals surface area contributed by atoms with Crippen molar-refractivity contribution in [1.29, 1.82) is 0 Å². The van der Waals surface area contributed by atoms with E-state index in [2.05, 4.69) is 25.7 Å². The van der Waals surface area contributed by atoms with Crippen LogP contribution in [0.3, 0.4) is 0 Å². The van der Waals surface area contributed by atoms with Crippen LogP contribution >= 0.6 is 0 Å². The van der Waals surface area contributed by atoms with Gasteiger partial charge in [0, 0.05) is 18.0 Å². The van der Waals surface area contributed by atoms with E-state index in [1.54, 1.807) is 7.11 Å². The van der Waals surface area contributed by atoms with E-state index in [-0.39, 0.29) is 11.3 Å². The topological polar surface area (TPSA) is 29.5 Å². The van der Waals surface area contributed by atoms with Crippen molar-refractivity contribution >= 4 is 5.91 Å². The highest BCUT2D eigenvalue weighted by atomic mass is 16.5. The van der Waals surface area contributed by atoms with Crippen molar-refractivity contribution in [3.05, 3.63) is 11.3 Å². The maximum absolute atomic E-state index is 12.5. The van der Waals surface area contributed by atoms with Gasteiger partial charge in [-0.15, -0.1) is 0 Å². The summed E-state index contributed by atoms with van der Waals surface area (Å²) in [4.78, 5) is 14.7. The van der Waals surface area contributed by atoms with Crippen molar-refractivity contribution in [2.24, 2.45) is 11.3 Å². The van der Waals surface area contributed by atoms with Gasteiger partial charge < -0.3 is 9.64 Å². The van der Waals surface area contributed by atoms with Crippen molar-refractivity contribution in [2.45, 2.75) is 65.8 Å². The molecule has 0 aromatic carbocycles. The van der Waals surface area contributed by atoms with E-state index in [1.165, 1.54) is 25.7 Å². The minimum Gasteiger partial charge on any atom is -0.500 e. The van der Waals surface area contributed by atoms with Gasteiger partial charge in [0.1, 0.15) is 5.76 Å². The third-order valence-corrected chi connectivity index (χ3v) is 4.98. The molecule has 1 heterocycles. The third kappa shape index (κ3) is 2.72. The minimum absolute atomic E-state index is 0.0212. The molecule has 0 bridgehead atoms. The first-order chi connectivity index (χ1) is 9.39. The second-order valence-electron chi connectivity index (χ2n) is 7.17. The van der Waals surface area contributed by atoms with Gasteiger partial charge in [0.15, 0.2) is 0 Å². The zero-order chi connectivity index (χ0) is 14.9. The molecular formula is C17H29NO2. The van der Waals surface area contributed by atoms with Gasteiger partial charge >= 0.3 is 0 Å². The second kappa shape index (κ2) is 5.79. The number of carbonyl (C=O) groups is 1. The van der Waals surface area contributed by atoms with Crippen LogP contribution in [0.25, 0.3) is 0 Å². The molecule has 0 saturated heterocycles. The Hall–Kier alpha value is -0.990. The van der Waals surface area contributed by atoms with E-state index in [9.17, 15) is 4.79 Å². The summed E-state index contributed by atoms with van der Waals surface area (Å²) < 4.78 is 5.63. The zero-order valence-electron chi connectivity index (χ0n) is 13.7. The van der Waals surface area contributed by atoms with E-state index in [4.69, 9.17) is 4.74 Å². The molecule has 1 saturated carbocycles. The fourth-order valence-corrected chi connectivity index (χ4v) is 3.48. The molecule has 3 nitrogen and oxygen atoms in total. The predicted molar refractivity (Wildman–Crippen MR) is 81.2 cm³/mol. The molecule has 0 aromatic heterocycles. The predicted octanol–water partition coefficient (Wildman–Crippen LogP) is 3.74. The molecule has 0 spiro atoms. The van der Waals surface area contributed by atoms with Crippen LogP contribution in [-0.2, 0) is 9.53 Å². The van der Waals surface area contributed by atoms with Crippen molar-refractivity contribution in [1.82, 2.24) is 4.90 Å². The van der Waals surface area contributed by atoms with Gasteiger partial charge in [-0.3, -0.25) is 4.79 Å². The van der Waals surface area contributed by atoms with E-state index >= 15 is 0 Å². The molecule has 3 heteroatoms. The number of nitrogens with zero attached hydrogens (tertiary/aromatic N) is 1. The lowest BCUT2D eigenvalue weighted by Gasteiger charge is -2.47. The Morgan fingerprint density at radius 1 is 1.40 bits per heavy atom. The maximum atomic E-state index is 12.5. The quantitative estimate of drug-likeness (QED) is 0.767. The molecule has 1 aliphatic carbocycles. The summed E-state index contributed by atoms with van der Waals surface area (Å²) >= 11 is 0. The summed E-state index contributed by atoms with van der Waals surface area (Å²) in [6, 6.07) is 0.467. The van der Waals surface area contributed by atoms with Gasteiger partial charge in [0.05, 0.1) is 12.7 Å². The van der Waals surface area contributed by atoms with Gasteiger partial charge in [-0.1, -0.05) is 20.8 Å². The Bertz CT molecular complexity index is 409. The highest BCUT2D eigenvalue weighted by Crippen LogP contribution is 2.43. The highest BCUT2D eigenvalue weighted by molar-refractivity contribution is 5.95. The Balaban J connectivity index is 2.25. The molecule has 0 N–H and O–H groups in total. The Kier molecular flexibility index (Phi) is 4.46. The molecule has 0 aromatic rings. The lowest BCUT2D eigenvalue weighted by molar-refractivity contribution is -0.135. The van der Waals surface area contributed by atoms with Gasteiger partial charge in [0.25, 0.3) is 5.91 Å². The third-order valence-electron chi connectivity index (χ3n) is 4.98. The summed E-state index contributed by atoms with van der Waals surface area (Å²) in [6.45, 7) is 9.52. The maximum Gasteiger partial charge on any atom is 0.253 e. The first kappa shape index (κ1) is 15.4.